The second kappa shape index (κ2) is 10.5. The van der Waals surface area contributed by atoms with Crippen molar-refractivity contribution in [1.29, 1.82) is 0 Å². The van der Waals surface area contributed by atoms with Crippen molar-refractivity contribution in [2.45, 2.75) is 0 Å². The van der Waals surface area contributed by atoms with Gasteiger partial charge < -0.3 is 9.97 Å². The normalized spacial score (nSPS) is 12.4. The fourth-order valence-electron chi connectivity index (χ4n) is 6.02. The predicted molar refractivity (Wildman–Crippen MR) is 192 cm³/mol. The highest BCUT2D eigenvalue weighted by molar-refractivity contribution is 7.13. The Labute approximate surface area is 269 Å². The number of aromatic amines is 2. The third kappa shape index (κ3) is 4.30. The molecule has 0 atom stereocenters. The van der Waals surface area contributed by atoms with Gasteiger partial charge in [-0.3, -0.25) is 0 Å². The predicted octanol–water partition coefficient (Wildman–Crippen LogP) is 11.6. The molecule has 7 aromatic rings. The van der Waals surface area contributed by atoms with Crippen LogP contribution in [0.3, 0.4) is 0 Å². The van der Waals surface area contributed by atoms with Crippen LogP contribution >= 0.6 is 45.3 Å². The Morgan fingerprint density at radius 2 is 0.841 bits per heavy atom. The van der Waals surface area contributed by atoms with Gasteiger partial charge in [-0.25, -0.2) is 9.97 Å². The van der Waals surface area contributed by atoms with Crippen molar-refractivity contribution in [2.75, 3.05) is 0 Å². The number of hydrogen-bond acceptors (Lipinski definition) is 6. The number of thiophene rings is 4. The van der Waals surface area contributed by atoms with Crippen LogP contribution in [0.5, 0.6) is 0 Å². The Hall–Kier alpha value is -4.60. The third-order valence-corrected chi connectivity index (χ3v) is 10.9. The summed E-state index contributed by atoms with van der Waals surface area (Å²) in [6, 6.07) is 19.5. The summed E-state index contributed by atoms with van der Waals surface area (Å²) in [5, 5.41) is 15.1. The minimum Gasteiger partial charge on any atom is -0.354 e. The van der Waals surface area contributed by atoms with Crippen molar-refractivity contribution in [1.82, 2.24) is 19.9 Å². The van der Waals surface area contributed by atoms with Crippen LogP contribution in [0.25, 0.3) is 90.2 Å². The van der Waals surface area contributed by atoms with Gasteiger partial charge >= 0.3 is 0 Å². The number of nitrogens with zero attached hydrogens (tertiary/aromatic N) is 2. The van der Waals surface area contributed by atoms with Crippen molar-refractivity contribution in [3.05, 3.63) is 115 Å². The molecule has 44 heavy (non-hydrogen) atoms. The highest BCUT2D eigenvalue weighted by atomic mass is 32.1. The fraction of sp³-hybridized carbons (Fsp3) is 0. The van der Waals surface area contributed by atoms with Crippen LogP contribution in [0.1, 0.15) is 22.8 Å². The molecule has 7 aromatic heterocycles. The zero-order chi connectivity index (χ0) is 29.0. The average molecular weight is 639 g/mol. The highest BCUT2D eigenvalue weighted by Gasteiger charge is 2.19. The number of fused-ring (bicyclic) bond motifs is 8. The Bertz CT molecular complexity index is 2040. The molecule has 210 valence electrons. The van der Waals surface area contributed by atoms with Crippen LogP contribution in [0, 0.1) is 0 Å². The SMILES string of the molecule is C1=Cc2nc1c(-c1ccsc1)c1ccc([nH]1)c(-c1ccsc1)c1nc(c(-c3cccs3)c3ccc([nH]3)c2-c2ccsc2)C=C1. The van der Waals surface area contributed by atoms with E-state index in [1.54, 1.807) is 45.3 Å². The maximum absolute atomic E-state index is 5.31. The molecule has 8 heteroatoms. The number of hydrogen-bond donors (Lipinski definition) is 2. The first-order valence-electron chi connectivity index (χ1n) is 14.1. The van der Waals surface area contributed by atoms with Crippen molar-refractivity contribution in [2.24, 2.45) is 0 Å². The summed E-state index contributed by atoms with van der Waals surface area (Å²) in [6.45, 7) is 0. The molecule has 2 aliphatic rings. The topological polar surface area (TPSA) is 57.4 Å². The molecule has 9 heterocycles. The zero-order valence-corrected chi connectivity index (χ0v) is 26.3. The van der Waals surface area contributed by atoms with Gasteiger partial charge in [0.25, 0.3) is 0 Å². The van der Waals surface area contributed by atoms with Gasteiger partial charge in [0.2, 0.25) is 0 Å². The average Bonchev–Trinajstić information content (AvgIpc) is 3.90. The van der Waals surface area contributed by atoms with E-state index in [1.165, 1.54) is 4.88 Å². The van der Waals surface area contributed by atoms with Gasteiger partial charge in [0, 0.05) is 49.2 Å². The van der Waals surface area contributed by atoms with Gasteiger partial charge in [0.1, 0.15) is 0 Å². The van der Waals surface area contributed by atoms with E-state index in [4.69, 9.17) is 9.97 Å². The maximum Gasteiger partial charge on any atom is 0.0745 e. The number of rotatable bonds is 4. The Morgan fingerprint density at radius 3 is 1.20 bits per heavy atom. The molecular formula is C36H22N4S4. The number of aromatic nitrogens is 4. The van der Waals surface area contributed by atoms with Gasteiger partial charge in [-0.05, 0) is 127 Å². The molecule has 0 aromatic carbocycles. The lowest BCUT2D eigenvalue weighted by Gasteiger charge is -2.04. The minimum atomic E-state index is 0.940. The number of H-pyrrole nitrogens is 2. The third-order valence-electron chi connectivity index (χ3n) is 7.95. The van der Waals surface area contributed by atoms with E-state index >= 15 is 0 Å². The molecule has 0 saturated heterocycles. The van der Waals surface area contributed by atoms with Crippen molar-refractivity contribution in [3.8, 4) is 43.8 Å². The van der Waals surface area contributed by atoms with Crippen molar-refractivity contribution >= 4 is 91.7 Å². The Balaban J connectivity index is 1.49. The molecule has 0 amide bonds. The standard InChI is InChI=1S/C36H22N4S4/c1-2-32(44-14-1)36-30-9-7-28(39-30)34(22-12-16-42-19-22)26-5-3-24(37-26)33(21-11-15-41-18-21)25-4-6-27(38-25)35(23-13-17-43-20-23)29-8-10-31(36)40-29/h1-20,37,40H. The summed E-state index contributed by atoms with van der Waals surface area (Å²) in [5.74, 6) is 0. The lowest BCUT2D eigenvalue weighted by molar-refractivity contribution is 1.31. The van der Waals surface area contributed by atoms with Crippen LogP contribution in [-0.4, -0.2) is 19.9 Å². The fourth-order valence-corrected chi connectivity index (χ4v) is 8.75. The van der Waals surface area contributed by atoms with Crippen LogP contribution in [-0.2, 0) is 0 Å². The first-order chi connectivity index (χ1) is 21.8. The Morgan fingerprint density at radius 1 is 0.432 bits per heavy atom. The molecule has 0 fully saturated rings. The van der Waals surface area contributed by atoms with Crippen LogP contribution < -0.4 is 0 Å². The largest absolute Gasteiger partial charge is 0.354 e. The highest BCUT2D eigenvalue weighted by Crippen LogP contribution is 2.39. The summed E-state index contributed by atoms with van der Waals surface area (Å²) in [7, 11) is 0. The number of nitrogens with one attached hydrogen (secondary N) is 2. The molecule has 0 spiro atoms. The summed E-state index contributed by atoms with van der Waals surface area (Å²) < 4.78 is 0. The smallest absolute Gasteiger partial charge is 0.0745 e. The van der Waals surface area contributed by atoms with E-state index in [-0.39, 0.29) is 0 Å². The second-order valence-corrected chi connectivity index (χ2v) is 13.8. The maximum atomic E-state index is 5.31. The lowest BCUT2D eigenvalue weighted by Crippen LogP contribution is -1.88. The molecule has 0 radical (unpaired) electrons. The summed E-state index contributed by atoms with van der Waals surface area (Å²) in [6.07, 6.45) is 8.59. The van der Waals surface area contributed by atoms with Gasteiger partial charge in [-0.1, -0.05) is 6.07 Å². The molecule has 2 N–H and O–H groups in total. The van der Waals surface area contributed by atoms with E-state index in [2.05, 4.69) is 127 Å². The summed E-state index contributed by atoms with van der Waals surface area (Å²) in [4.78, 5) is 19.4. The van der Waals surface area contributed by atoms with Crippen LogP contribution in [0.15, 0.2) is 92.3 Å². The summed E-state index contributed by atoms with van der Waals surface area (Å²) in [5.41, 5.74) is 15.7. The van der Waals surface area contributed by atoms with E-state index in [9.17, 15) is 0 Å². The summed E-state index contributed by atoms with van der Waals surface area (Å²) >= 11 is 6.82. The quantitative estimate of drug-likeness (QED) is 0.201. The molecule has 0 saturated carbocycles. The first-order valence-corrected chi connectivity index (χ1v) is 17.8. The molecule has 2 aliphatic heterocycles. The molecule has 0 unspecified atom stereocenters. The zero-order valence-electron chi connectivity index (χ0n) is 23.1. The van der Waals surface area contributed by atoms with Crippen LogP contribution in [0.2, 0.25) is 0 Å². The van der Waals surface area contributed by atoms with Gasteiger partial charge in [-0.2, -0.15) is 34.0 Å². The van der Waals surface area contributed by atoms with E-state index < -0.39 is 0 Å². The monoisotopic (exact) mass is 638 g/mol. The minimum absolute atomic E-state index is 0.940. The van der Waals surface area contributed by atoms with Gasteiger partial charge in [0.15, 0.2) is 0 Å². The van der Waals surface area contributed by atoms with E-state index in [1.807, 2.05) is 0 Å². The first kappa shape index (κ1) is 25.9. The molecule has 4 nitrogen and oxygen atoms in total. The second-order valence-electron chi connectivity index (χ2n) is 10.5. The van der Waals surface area contributed by atoms with Crippen molar-refractivity contribution < 1.29 is 0 Å². The molecular weight excluding hydrogens is 617 g/mol. The lowest BCUT2D eigenvalue weighted by atomic mass is 10.1. The molecule has 8 bridgehead atoms. The van der Waals surface area contributed by atoms with E-state index in [0.29, 0.717) is 0 Å². The van der Waals surface area contributed by atoms with Crippen LogP contribution in [0.4, 0.5) is 0 Å². The van der Waals surface area contributed by atoms with Crippen molar-refractivity contribution in [3.63, 3.8) is 0 Å². The molecule has 0 aliphatic carbocycles. The molecule has 9 rings (SSSR count). The Kier molecular flexibility index (Phi) is 6.19. The van der Waals surface area contributed by atoms with E-state index in [0.717, 1.165) is 83.8 Å². The van der Waals surface area contributed by atoms with Gasteiger partial charge in [0.05, 0.1) is 22.8 Å². The van der Waals surface area contributed by atoms with Gasteiger partial charge in [-0.15, -0.1) is 11.3 Å².